The number of anilines is 2. The average molecular weight is 584 g/mol. The monoisotopic (exact) mass is 583 g/mol. The lowest BCUT2D eigenvalue weighted by molar-refractivity contribution is -0.275. The zero-order valence-corrected chi connectivity index (χ0v) is 22.0. The molecule has 2 saturated heterocycles. The molecule has 5 N–H and O–H groups in total. The third-order valence-electron chi connectivity index (χ3n) is 7.58. The summed E-state index contributed by atoms with van der Waals surface area (Å²) >= 11 is 0. The van der Waals surface area contributed by atoms with Crippen LogP contribution < -0.4 is 26.0 Å². The summed E-state index contributed by atoms with van der Waals surface area (Å²) in [6.45, 7) is 2.32. The van der Waals surface area contributed by atoms with Crippen LogP contribution in [0.5, 0.6) is 5.75 Å². The number of rotatable bonds is 7. The molecule has 0 radical (unpaired) electrons. The van der Waals surface area contributed by atoms with Gasteiger partial charge in [0.1, 0.15) is 29.9 Å². The Balaban J connectivity index is 1.67. The molecule has 2 aliphatic heterocycles. The summed E-state index contributed by atoms with van der Waals surface area (Å²) in [7, 11) is 1.08. The number of amides is 3. The second kappa shape index (κ2) is 10.1. The molecule has 41 heavy (non-hydrogen) atoms. The molecular weight excluding hydrogens is 557 g/mol. The van der Waals surface area contributed by atoms with Crippen molar-refractivity contribution < 1.29 is 41.0 Å². The predicted molar refractivity (Wildman–Crippen MR) is 135 cm³/mol. The van der Waals surface area contributed by atoms with Crippen LogP contribution in [0.4, 0.5) is 38.4 Å². The van der Waals surface area contributed by atoms with Crippen molar-refractivity contribution in [3.63, 3.8) is 0 Å². The summed E-state index contributed by atoms with van der Waals surface area (Å²) < 4.78 is 82.6. The summed E-state index contributed by atoms with van der Waals surface area (Å²) in [5, 5.41) is 5.09. The van der Waals surface area contributed by atoms with Crippen molar-refractivity contribution in [1.82, 2.24) is 20.3 Å². The van der Waals surface area contributed by atoms with Gasteiger partial charge in [0.15, 0.2) is 23.0 Å². The molecule has 2 fully saturated rings. The maximum atomic E-state index is 14.7. The van der Waals surface area contributed by atoms with Crippen molar-refractivity contribution in [2.24, 2.45) is 11.7 Å². The Kier molecular flexibility index (Phi) is 7.01. The van der Waals surface area contributed by atoms with Crippen molar-refractivity contribution in [2.45, 2.75) is 44.1 Å². The first-order valence-electron chi connectivity index (χ1n) is 12.5. The number of H-pyrrole nitrogens is 1. The van der Waals surface area contributed by atoms with E-state index in [1.807, 2.05) is 0 Å². The number of nitrogens with zero attached hydrogens (tertiary/aromatic N) is 3. The number of alkyl halides is 3. The molecule has 16 heteroatoms. The van der Waals surface area contributed by atoms with E-state index < -0.39 is 59.0 Å². The third kappa shape index (κ3) is 4.60. The van der Waals surface area contributed by atoms with Gasteiger partial charge < -0.3 is 30.8 Å². The maximum Gasteiger partial charge on any atom is 0.417 e. The number of pyridine rings is 1. The molecule has 1 aromatic carbocycles. The van der Waals surface area contributed by atoms with E-state index in [9.17, 15) is 31.5 Å². The quantitative estimate of drug-likeness (QED) is 0.309. The summed E-state index contributed by atoms with van der Waals surface area (Å²) in [5.74, 6) is -6.13. The van der Waals surface area contributed by atoms with Gasteiger partial charge in [-0.05, 0) is 13.0 Å². The number of ether oxygens (including phenoxy) is 2. The Hall–Kier alpha value is -4.05. The van der Waals surface area contributed by atoms with Crippen LogP contribution >= 0.6 is 0 Å². The van der Waals surface area contributed by atoms with E-state index in [4.69, 9.17) is 15.2 Å². The first-order valence-corrected chi connectivity index (χ1v) is 12.5. The fourth-order valence-electron chi connectivity index (χ4n) is 5.18. The number of halogens is 5. The molecule has 4 atom stereocenters. The fraction of sp³-hybridized carbons (Fsp3) is 0.440. The fourth-order valence-corrected chi connectivity index (χ4v) is 5.18. The van der Waals surface area contributed by atoms with Crippen molar-refractivity contribution in [3.8, 4) is 5.75 Å². The van der Waals surface area contributed by atoms with Crippen molar-refractivity contribution >= 4 is 34.6 Å². The summed E-state index contributed by atoms with van der Waals surface area (Å²) in [4.78, 5) is 37.3. The maximum absolute atomic E-state index is 14.7. The van der Waals surface area contributed by atoms with Crippen molar-refractivity contribution in [3.05, 3.63) is 41.2 Å². The van der Waals surface area contributed by atoms with Crippen LogP contribution in [0.3, 0.4) is 0 Å². The zero-order valence-electron chi connectivity index (χ0n) is 22.0. The number of nitrogens with two attached hydrogens (primary N) is 1. The second-order valence-corrected chi connectivity index (χ2v) is 9.95. The van der Waals surface area contributed by atoms with Crippen LogP contribution in [0.2, 0.25) is 0 Å². The van der Waals surface area contributed by atoms with Gasteiger partial charge in [-0.3, -0.25) is 9.69 Å². The normalized spacial score (nSPS) is 24.4. The summed E-state index contributed by atoms with van der Waals surface area (Å²) in [6, 6.07) is 2.85. The molecule has 0 aliphatic carbocycles. The molecule has 3 aromatic rings. The number of hydrogen-bond donors (Lipinski definition) is 4. The summed E-state index contributed by atoms with van der Waals surface area (Å²) in [5.41, 5.74) is 3.00. The number of urea groups is 1. The van der Waals surface area contributed by atoms with E-state index in [1.54, 1.807) is 0 Å². The molecule has 2 aliphatic rings. The van der Waals surface area contributed by atoms with Crippen LogP contribution in [0.1, 0.15) is 43.7 Å². The molecule has 0 bridgehead atoms. The minimum absolute atomic E-state index is 0.00491. The molecule has 3 amide bonds. The largest absolute Gasteiger partial charge is 0.493 e. The van der Waals surface area contributed by atoms with Crippen LogP contribution in [0, 0.1) is 17.6 Å². The van der Waals surface area contributed by atoms with E-state index in [0.717, 1.165) is 26.2 Å². The smallest absolute Gasteiger partial charge is 0.417 e. The van der Waals surface area contributed by atoms with Gasteiger partial charge in [-0.1, -0.05) is 13.0 Å². The Labute approximate surface area is 229 Å². The Morgan fingerprint density at radius 3 is 2.63 bits per heavy atom. The highest BCUT2D eigenvalue weighted by Gasteiger charge is 2.65. The highest BCUT2D eigenvalue weighted by atomic mass is 19.4. The zero-order chi connectivity index (χ0) is 29.9. The number of fused-ring (bicyclic) bond motifs is 1. The average Bonchev–Trinajstić information content (AvgIpc) is 3.44. The van der Waals surface area contributed by atoms with Crippen LogP contribution in [0.15, 0.2) is 18.2 Å². The Bertz CT molecular complexity index is 1530. The van der Waals surface area contributed by atoms with Gasteiger partial charge in [0.25, 0.3) is 0 Å². The van der Waals surface area contributed by atoms with Gasteiger partial charge in [0.05, 0.1) is 12.6 Å². The lowest BCUT2D eigenvalue weighted by atomic mass is 9.77. The minimum Gasteiger partial charge on any atom is -0.493 e. The van der Waals surface area contributed by atoms with Gasteiger partial charge in [0, 0.05) is 36.4 Å². The number of imidazole rings is 1. The highest BCUT2D eigenvalue weighted by Crippen LogP contribution is 2.59. The lowest BCUT2D eigenvalue weighted by Gasteiger charge is -2.32. The molecular formula is C25H26F5N7O4. The Morgan fingerprint density at radius 1 is 1.32 bits per heavy atom. The number of hydrogen-bond acceptors (Lipinski definition) is 7. The molecule has 5 rings (SSSR count). The number of aromatic amines is 1. The van der Waals surface area contributed by atoms with Crippen LogP contribution in [0.25, 0.3) is 11.0 Å². The van der Waals surface area contributed by atoms with Gasteiger partial charge in [0.2, 0.25) is 11.7 Å². The Morgan fingerprint density at radius 2 is 2.05 bits per heavy atom. The molecule has 2 aromatic heterocycles. The topological polar surface area (TPSA) is 147 Å². The number of benzene rings is 1. The number of carbonyl (C=O) groups excluding carboxylic acids is 2. The van der Waals surface area contributed by atoms with E-state index in [0.29, 0.717) is 0 Å². The van der Waals surface area contributed by atoms with Gasteiger partial charge in [-0.2, -0.15) is 17.6 Å². The number of carbonyl (C=O) groups is 2. The van der Waals surface area contributed by atoms with E-state index in [2.05, 4.69) is 25.6 Å². The van der Waals surface area contributed by atoms with Crippen LogP contribution in [-0.4, -0.2) is 59.0 Å². The van der Waals surface area contributed by atoms with Gasteiger partial charge in [-0.15, -0.1) is 0 Å². The number of nitrogens with one attached hydrogen (secondary N) is 3. The van der Waals surface area contributed by atoms with E-state index >= 15 is 0 Å². The third-order valence-corrected chi connectivity index (χ3v) is 7.58. The minimum atomic E-state index is -4.85. The predicted octanol–water partition coefficient (Wildman–Crippen LogP) is 3.83. The molecule has 0 unspecified atom stereocenters. The number of methoxy groups -OCH3 is 1. The standard InChI is InChI=1S/C25H26F5N7O4/c1-10-16(11-4-5-12(26)17(27)19(11)40-3)20(41-24(10,2)25(28,29)30)21-33-13-8-14(34-15(38)6-7-31)35-22(18(13)36-21)37-9-32-23(37)39/h4-5,8,10,16,20H,6-7,9,31H2,1-3H3,(H,32,39)(H,33,36)(H,34,35,38)/t10-,16-,20+,24+/m0/s1. The highest BCUT2D eigenvalue weighted by molar-refractivity contribution is 6.04. The first kappa shape index (κ1) is 28.5. The van der Waals surface area contributed by atoms with E-state index in [1.165, 1.54) is 17.9 Å². The molecule has 220 valence electrons. The van der Waals surface area contributed by atoms with Gasteiger partial charge >= 0.3 is 12.2 Å². The number of aromatic nitrogens is 3. The van der Waals surface area contributed by atoms with Crippen molar-refractivity contribution in [1.29, 1.82) is 0 Å². The molecule has 0 spiro atoms. The van der Waals surface area contributed by atoms with Crippen molar-refractivity contribution in [2.75, 3.05) is 30.5 Å². The molecule has 4 heterocycles. The van der Waals surface area contributed by atoms with Crippen LogP contribution in [-0.2, 0) is 9.53 Å². The second-order valence-electron chi connectivity index (χ2n) is 9.95. The van der Waals surface area contributed by atoms with Gasteiger partial charge in [-0.25, -0.2) is 19.2 Å². The SMILES string of the molecule is COc1c([C@H]2[C@H](c3nc4c(N5CNC5=O)nc(NC(=O)CCN)cc4[nH]3)O[C@@](C)(C(F)(F)F)[C@H]2C)ccc(F)c1F. The summed E-state index contributed by atoms with van der Waals surface area (Å²) in [6.07, 6.45) is -6.30. The lowest BCUT2D eigenvalue weighted by Crippen LogP contribution is -2.57. The first-order chi connectivity index (χ1) is 19.3. The molecule has 0 saturated carbocycles. The molecule has 11 nitrogen and oxygen atoms in total. The van der Waals surface area contributed by atoms with E-state index in [-0.39, 0.29) is 53.7 Å².